The molecule has 0 unspecified atom stereocenters. The van der Waals surface area contributed by atoms with Crippen LogP contribution in [0.1, 0.15) is 24.3 Å². The Morgan fingerprint density at radius 3 is 2.54 bits per heavy atom. The van der Waals surface area contributed by atoms with Crippen molar-refractivity contribution >= 4 is 11.9 Å². The molecule has 0 bridgehead atoms. The Labute approximate surface area is 161 Å². The number of amides is 1. The summed E-state index contributed by atoms with van der Waals surface area (Å²) in [6.45, 7) is 0.626. The van der Waals surface area contributed by atoms with E-state index in [4.69, 9.17) is 4.74 Å². The SMILES string of the molecule is O=C(O)[C@@H]1CN(C(=O)CCCOc2ccc(F)cc2F)C[C@@H]1c1ccccc1. The van der Waals surface area contributed by atoms with Gasteiger partial charge in [0, 0.05) is 31.5 Å². The van der Waals surface area contributed by atoms with Gasteiger partial charge in [-0.25, -0.2) is 8.78 Å². The molecule has 0 saturated carbocycles. The molecule has 1 heterocycles. The van der Waals surface area contributed by atoms with Gasteiger partial charge in [-0.3, -0.25) is 9.59 Å². The van der Waals surface area contributed by atoms with Crippen LogP contribution in [0, 0.1) is 17.6 Å². The van der Waals surface area contributed by atoms with Crippen molar-refractivity contribution in [2.45, 2.75) is 18.8 Å². The molecule has 1 N–H and O–H groups in total. The number of likely N-dealkylation sites (tertiary alicyclic amines) is 1. The molecule has 1 fully saturated rings. The molecule has 2 aromatic rings. The van der Waals surface area contributed by atoms with Crippen LogP contribution in [0.15, 0.2) is 48.5 Å². The summed E-state index contributed by atoms with van der Waals surface area (Å²) >= 11 is 0. The lowest BCUT2D eigenvalue weighted by molar-refractivity contribution is -0.141. The van der Waals surface area contributed by atoms with Gasteiger partial charge < -0.3 is 14.7 Å². The van der Waals surface area contributed by atoms with Crippen molar-refractivity contribution in [3.05, 3.63) is 65.7 Å². The lowest BCUT2D eigenvalue weighted by Gasteiger charge is -2.16. The van der Waals surface area contributed by atoms with Gasteiger partial charge in [0.1, 0.15) is 5.82 Å². The molecule has 28 heavy (non-hydrogen) atoms. The first kappa shape index (κ1) is 19.8. The number of carbonyl (C=O) groups excluding carboxylic acids is 1. The molecule has 1 saturated heterocycles. The summed E-state index contributed by atoms with van der Waals surface area (Å²) in [4.78, 5) is 25.6. The van der Waals surface area contributed by atoms with E-state index in [-0.39, 0.29) is 37.1 Å². The quantitative estimate of drug-likeness (QED) is 0.737. The minimum Gasteiger partial charge on any atom is -0.491 e. The Bertz CT molecular complexity index is 844. The minimum absolute atomic E-state index is 0.0647. The first-order valence-corrected chi connectivity index (χ1v) is 9.09. The largest absolute Gasteiger partial charge is 0.491 e. The summed E-state index contributed by atoms with van der Waals surface area (Å²) in [7, 11) is 0. The van der Waals surface area contributed by atoms with E-state index in [1.807, 2.05) is 30.3 Å². The first-order valence-electron chi connectivity index (χ1n) is 9.09. The number of carboxylic acid groups (broad SMARTS) is 1. The summed E-state index contributed by atoms with van der Waals surface area (Å²) in [6.07, 6.45) is 0.510. The predicted octanol–water partition coefficient (Wildman–Crippen LogP) is 3.45. The Morgan fingerprint density at radius 2 is 1.86 bits per heavy atom. The molecule has 1 aliphatic rings. The second-order valence-corrected chi connectivity index (χ2v) is 6.79. The number of hydrogen-bond donors (Lipinski definition) is 1. The fourth-order valence-corrected chi connectivity index (χ4v) is 3.45. The monoisotopic (exact) mass is 389 g/mol. The zero-order valence-electron chi connectivity index (χ0n) is 15.2. The van der Waals surface area contributed by atoms with Crippen LogP contribution in [0.25, 0.3) is 0 Å². The summed E-state index contributed by atoms with van der Waals surface area (Å²) in [5.74, 6) is -3.50. The molecule has 0 aliphatic carbocycles. The Hall–Kier alpha value is -2.96. The summed E-state index contributed by atoms with van der Waals surface area (Å²) in [5, 5.41) is 9.51. The molecule has 0 spiro atoms. The van der Waals surface area contributed by atoms with Crippen LogP contribution in [-0.4, -0.2) is 41.6 Å². The second-order valence-electron chi connectivity index (χ2n) is 6.79. The van der Waals surface area contributed by atoms with Gasteiger partial charge in [0.25, 0.3) is 0 Å². The Balaban J connectivity index is 1.52. The maximum absolute atomic E-state index is 13.5. The lowest BCUT2D eigenvalue weighted by atomic mass is 9.89. The van der Waals surface area contributed by atoms with Gasteiger partial charge in [0.15, 0.2) is 11.6 Å². The zero-order chi connectivity index (χ0) is 20.1. The summed E-state index contributed by atoms with van der Waals surface area (Å²) < 4.78 is 31.6. The maximum atomic E-state index is 13.5. The number of aliphatic carboxylic acids is 1. The third-order valence-electron chi connectivity index (χ3n) is 4.90. The van der Waals surface area contributed by atoms with Gasteiger partial charge in [0.05, 0.1) is 12.5 Å². The maximum Gasteiger partial charge on any atom is 0.308 e. The van der Waals surface area contributed by atoms with Crippen LogP contribution >= 0.6 is 0 Å². The average Bonchev–Trinajstić information content (AvgIpc) is 3.13. The molecule has 1 amide bonds. The number of nitrogens with zero attached hydrogens (tertiary/aromatic N) is 1. The number of ether oxygens (including phenoxy) is 1. The highest BCUT2D eigenvalue weighted by Gasteiger charge is 2.40. The number of carboxylic acids is 1. The van der Waals surface area contributed by atoms with E-state index in [1.165, 1.54) is 6.07 Å². The van der Waals surface area contributed by atoms with Crippen molar-refractivity contribution in [3.8, 4) is 5.75 Å². The molecular formula is C21H21F2NO4. The molecule has 0 radical (unpaired) electrons. The second kappa shape index (κ2) is 8.82. The van der Waals surface area contributed by atoms with Crippen molar-refractivity contribution in [1.29, 1.82) is 0 Å². The van der Waals surface area contributed by atoms with Crippen LogP contribution in [-0.2, 0) is 9.59 Å². The fraction of sp³-hybridized carbons (Fsp3) is 0.333. The van der Waals surface area contributed by atoms with Crippen LogP contribution in [0.4, 0.5) is 8.78 Å². The fourth-order valence-electron chi connectivity index (χ4n) is 3.45. The standard InChI is InChI=1S/C21H21F2NO4/c22-15-8-9-19(18(23)11-15)28-10-4-7-20(25)24-12-16(17(13-24)21(26)27)14-5-2-1-3-6-14/h1-3,5-6,8-9,11,16-17H,4,7,10,12-13H2,(H,26,27)/t16-,17-/m1/s1. The van der Waals surface area contributed by atoms with Gasteiger partial charge in [-0.15, -0.1) is 0 Å². The number of benzene rings is 2. The third-order valence-corrected chi connectivity index (χ3v) is 4.90. The van der Waals surface area contributed by atoms with Crippen molar-refractivity contribution in [2.24, 2.45) is 5.92 Å². The van der Waals surface area contributed by atoms with E-state index in [1.54, 1.807) is 4.90 Å². The molecule has 1 aliphatic heterocycles. The molecule has 2 aromatic carbocycles. The highest BCUT2D eigenvalue weighted by molar-refractivity contribution is 5.79. The normalized spacial score (nSPS) is 18.9. The molecule has 5 nitrogen and oxygen atoms in total. The molecule has 2 atom stereocenters. The van der Waals surface area contributed by atoms with Crippen molar-refractivity contribution < 1.29 is 28.2 Å². The Morgan fingerprint density at radius 1 is 1.11 bits per heavy atom. The third kappa shape index (κ3) is 4.65. The lowest BCUT2D eigenvalue weighted by Crippen LogP contribution is -2.30. The van der Waals surface area contributed by atoms with Crippen molar-refractivity contribution in [1.82, 2.24) is 4.90 Å². The van der Waals surface area contributed by atoms with Gasteiger partial charge in [-0.1, -0.05) is 30.3 Å². The average molecular weight is 389 g/mol. The molecular weight excluding hydrogens is 368 g/mol. The van der Waals surface area contributed by atoms with E-state index in [2.05, 4.69) is 0 Å². The van der Waals surface area contributed by atoms with Crippen LogP contribution < -0.4 is 4.74 Å². The predicted molar refractivity (Wildman–Crippen MR) is 98.0 cm³/mol. The molecule has 148 valence electrons. The van der Waals surface area contributed by atoms with E-state index < -0.39 is 23.5 Å². The van der Waals surface area contributed by atoms with E-state index in [0.29, 0.717) is 13.0 Å². The van der Waals surface area contributed by atoms with Crippen molar-refractivity contribution in [2.75, 3.05) is 19.7 Å². The minimum atomic E-state index is -0.917. The van der Waals surface area contributed by atoms with E-state index in [0.717, 1.165) is 17.7 Å². The van der Waals surface area contributed by atoms with Gasteiger partial charge in [-0.2, -0.15) is 0 Å². The van der Waals surface area contributed by atoms with Gasteiger partial charge in [-0.05, 0) is 24.1 Å². The molecule has 7 heteroatoms. The topological polar surface area (TPSA) is 66.8 Å². The molecule has 3 rings (SSSR count). The highest BCUT2D eigenvalue weighted by Crippen LogP contribution is 2.33. The summed E-state index contributed by atoms with van der Waals surface area (Å²) in [5.41, 5.74) is 0.903. The summed E-state index contributed by atoms with van der Waals surface area (Å²) in [6, 6.07) is 12.4. The van der Waals surface area contributed by atoms with E-state index >= 15 is 0 Å². The number of halogens is 2. The van der Waals surface area contributed by atoms with Crippen LogP contribution in [0.5, 0.6) is 5.75 Å². The number of hydrogen-bond acceptors (Lipinski definition) is 3. The highest BCUT2D eigenvalue weighted by atomic mass is 19.1. The van der Waals surface area contributed by atoms with E-state index in [9.17, 15) is 23.5 Å². The zero-order valence-corrected chi connectivity index (χ0v) is 15.2. The Kier molecular flexibility index (Phi) is 6.23. The van der Waals surface area contributed by atoms with Crippen LogP contribution in [0.2, 0.25) is 0 Å². The molecule has 0 aromatic heterocycles. The first-order chi connectivity index (χ1) is 13.5. The smallest absolute Gasteiger partial charge is 0.308 e. The number of carbonyl (C=O) groups is 2. The van der Waals surface area contributed by atoms with Gasteiger partial charge >= 0.3 is 5.97 Å². The van der Waals surface area contributed by atoms with Gasteiger partial charge in [0.2, 0.25) is 5.91 Å². The van der Waals surface area contributed by atoms with Crippen LogP contribution in [0.3, 0.4) is 0 Å². The van der Waals surface area contributed by atoms with Crippen molar-refractivity contribution in [3.63, 3.8) is 0 Å². The number of rotatable bonds is 7.